The number of aliphatic hydroxyl groups excluding tert-OH is 1. The van der Waals surface area contributed by atoms with Gasteiger partial charge < -0.3 is 20.1 Å². The summed E-state index contributed by atoms with van der Waals surface area (Å²) in [4.78, 5) is 0. The van der Waals surface area contributed by atoms with Crippen molar-refractivity contribution in [1.82, 2.24) is 0 Å². The lowest BCUT2D eigenvalue weighted by molar-refractivity contribution is -0.210. The first-order valence-electron chi connectivity index (χ1n) is 10.5. The fourth-order valence-electron chi connectivity index (χ4n) is 7.39. The number of rotatable bonds is 2. The van der Waals surface area contributed by atoms with Gasteiger partial charge in [-0.2, -0.15) is 0 Å². The van der Waals surface area contributed by atoms with Gasteiger partial charge in [0.2, 0.25) is 0 Å². The van der Waals surface area contributed by atoms with Crippen molar-refractivity contribution in [2.75, 3.05) is 0 Å². The van der Waals surface area contributed by atoms with Crippen LogP contribution in [0.4, 0.5) is 0 Å². The molecule has 6 atom stereocenters. The summed E-state index contributed by atoms with van der Waals surface area (Å²) in [6.45, 7) is 0. The average molecular weight is 356 g/mol. The van der Waals surface area contributed by atoms with Crippen LogP contribution in [0.3, 0.4) is 0 Å². The van der Waals surface area contributed by atoms with Gasteiger partial charge in [-0.1, -0.05) is 25.3 Å². The number of hydrogen-bond acceptors (Lipinski definition) is 4. The van der Waals surface area contributed by atoms with Crippen LogP contribution in [0.15, 0.2) is 12.1 Å². The summed E-state index contributed by atoms with van der Waals surface area (Å²) in [6, 6.07) is 3.76. The number of ether oxygens (including phenoxy) is 1. The molecule has 140 valence electrons. The second-order valence-electron chi connectivity index (χ2n) is 9.63. The summed E-state index contributed by atoms with van der Waals surface area (Å²) in [5.41, 5.74) is 0.896. The molecule has 0 saturated heterocycles. The summed E-state index contributed by atoms with van der Waals surface area (Å²) >= 11 is 0. The molecule has 1 unspecified atom stereocenters. The number of phenols is 1. The summed E-state index contributed by atoms with van der Waals surface area (Å²) in [5, 5.41) is 33.3. The zero-order valence-electron chi connectivity index (χ0n) is 15.2. The third kappa shape index (κ3) is 1.65. The molecule has 1 aromatic rings. The van der Waals surface area contributed by atoms with E-state index in [1.807, 2.05) is 6.07 Å². The Balaban J connectivity index is 1.52. The van der Waals surface area contributed by atoms with E-state index in [-0.39, 0.29) is 11.7 Å². The molecule has 3 saturated carbocycles. The first kappa shape index (κ1) is 15.8. The van der Waals surface area contributed by atoms with Gasteiger partial charge in [0.25, 0.3) is 0 Å². The molecule has 4 heteroatoms. The lowest BCUT2D eigenvalue weighted by Gasteiger charge is -2.63. The molecular weight excluding hydrogens is 328 g/mol. The van der Waals surface area contributed by atoms with Crippen LogP contribution in [0, 0.1) is 17.8 Å². The smallest absolute Gasteiger partial charge is 0.165 e. The highest BCUT2D eigenvalue weighted by molar-refractivity contribution is 5.62. The Bertz CT molecular complexity index is 772. The molecule has 3 N–H and O–H groups in total. The van der Waals surface area contributed by atoms with E-state index in [1.54, 1.807) is 6.07 Å². The largest absolute Gasteiger partial charge is 0.504 e. The quantitative estimate of drug-likeness (QED) is 0.762. The van der Waals surface area contributed by atoms with E-state index < -0.39 is 23.2 Å². The number of hydrogen-bond donors (Lipinski definition) is 3. The predicted octanol–water partition coefficient (Wildman–Crippen LogP) is 3.05. The molecule has 4 nitrogen and oxygen atoms in total. The van der Waals surface area contributed by atoms with Crippen molar-refractivity contribution in [2.45, 2.75) is 81.0 Å². The highest BCUT2D eigenvalue weighted by Crippen LogP contribution is 2.68. The molecule has 0 radical (unpaired) electrons. The van der Waals surface area contributed by atoms with E-state index in [4.69, 9.17) is 4.74 Å². The van der Waals surface area contributed by atoms with Crippen molar-refractivity contribution in [1.29, 1.82) is 0 Å². The van der Waals surface area contributed by atoms with Crippen LogP contribution in [0.5, 0.6) is 11.5 Å². The molecule has 26 heavy (non-hydrogen) atoms. The molecule has 2 bridgehead atoms. The van der Waals surface area contributed by atoms with Gasteiger partial charge in [0.05, 0.1) is 17.1 Å². The van der Waals surface area contributed by atoms with Gasteiger partial charge in [0, 0.05) is 5.56 Å². The molecule has 4 aliphatic carbocycles. The van der Waals surface area contributed by atoms with E-state index in [9.17, 15) is 15.3 Å². The van der Waals surface area contributed by atoms with Gasteiger partial charge in [-0.25, -0.2) is 0 Å². The fraction of sp³-hybridized carbons (Fsp3) is 0.727. The second kappa shape index (κ2) is 4.96. The van der Waals surface area contributed by atoms with E-state index >= 15 is 0 Å². The standard InChI is InChI=1S/C22H28O4/c23-16-5-4-14-11-15-13(10-12-2-1-3-12)6-8-21-18(14)19(16)26-20(21)17(24)7-9-22(15,21)25/h4-5,12-13,15,17,20,23-25H,1-3,6-11H2/t13?,15-,17-,20-,21-,22+/m0/s1. The molecule has 0 aromatic heterocycles. The minimum Gasteiger partial charge on any atom is -0.504 e. The minimum atomic E-state index is -0.810. The Morgan fingerprint density at radius 1 is 1.12 bits per heavy atom. The number of phenolic OH excluding ortho intramolecular Hbond substituents is 1. The van der Waals surface area contributed by atoms with Crippen LogP contribution in [-0.2, 0) is 11.8 Å². The number of aliphatic hydroxyl groups is 2. The Kier molecular flexibility index (Phi) is 3.01. The SMILES string of the molecule is Oc1ccc2c3c1O[C@H]1[C@@H](O)CC[C@@]4(O)[C@@H](C2)C(CC2CCC2)CC[C@]314. The number of benzene rings is 1. The van der Waals surface area contributed by atoms with Crippen LogP contribution in [0.1, 0.15) is 62.5 Å². The van der Waals surface area contributed by atoms with Gasteiger partial charge in [0.15, 0.2) is 11.5 Å². The van der Waals surface area contributed by atoms with E-state index in [0.29, 0.717) is 24.5 Å². The molecule has 5 aliphatic rings. The monoisotopic (exact) mass is 356 g/mol. The highest BCUT2D eigenvalue weighted by atomic mass is 16.5. The second-order valence-corrected chi connectivity index (χ2v) is 9.63. The Labute approximate surface area is 154 Å². The molecule has 1 aromatic carbocycles. The Morgan fingerprint density at radius 3 is 2.73 bits per heavy atom. The summed E-state index contributed by atoms with van der Waals surface area (Å²) in [5.74, 6) is 2.34. The first-order valence-corrected chi connectivity index (χ1v) is 10.5. The zero-order valence-corrected chi connectivity index (χ0v) is 15.2. The molecule has 1 heterocycles. The van der Waals surface area contributed by atoms with Crippen LogP contribution in [-0.4, -0.2) is 33.1 Å². The van der Waals surface area contributed by atoms with Crippen LogP contribution in [0.25, 0.3) is 0 Å². The van der Waals surface area contributed by atoms with Crippen LogP contribution >= 0.6 is 0 Å². The van der Waals surface area contributed by atoms with Crippen molar-refractivity contribution in [2.24, 2.45) is 17.8 Å². The van der Waals surface area contributed by atoms with Crippen molar-refractivity contribution < 1.29 is 20.1 Å². The van der Waals surface area contributed by atoms with Crippen LogP contribution < -0.4 is 4.74 Å². The van der Waals surface area contributed by atoms with Gasteiger partial charge in [0.1, 0.15) is 6.10 Å². The molecule has 0 amide bonds. The highest BCUT2D eigenvalue weighted by Gasteiger charge is 2.72. The van der Waals surface area contributed by atoms with Gasteiger partial charge in [-0.15, -0.1) is 0 Å². The van der Waals surface area contributed by atoms with Gasteiger partial charge >= 0.3 is 0 Å². The lowest BCUT2D eigenvalue weighted by atomic mass is 9.43. The van der Waals surface area contributed by atoms with Crippen molar-refractivity contribution in [3.8, 4) is 11.5 Å². The number of aromatic hydroxyl groups is 1. The topological polar surface area (TPSA) is 69.9 Å². The Morgan fingerprint density at radius 2 is 1.96 bits per heavy atom. The summed E-state index contributed by atoms with van der Waals surface area (Å²) in [7, 11) is 0. The van der Waals surface area contributed by atoms with Crippen LogP contribution in [0.2, 0.25) is 0 Å². The third-order valence-corrected chi connectivity index (χ3v) is 8.74. The maximum atomic E-state index is 12.1. The molecule has 6 rings (SSSR count). The van der Waals surface area contributed by atoms with Crippen molar-refractivity contribution >= 4 is 0 Å². The Hall–Kier alpha value is -1.26. The average Bonchev–Trinajstić information content (AvgIpc) is 2.93. The van der Waals surface area contributed by atoms with Crippen molar-refractivity contribution in [3.05, 3.63) is 23.3 Å². The third-order valence-electron chi connectivity index (χ3n) is 8.74. The maximum Gasteiger partial charge on any atom is 0.165 e. The molecule has 1 spiro atoms. The predicted molar refractivity (Wildman–Crippen MR) is 96.3 cm³/mol. The fourth-order valence-corrected chi connectivity index (χ4v) is 7.39. The van der Waals surface area contributed by atoms with Gasteiger partial charge in [-0.05, 0) is 67.9 Å². The lowest BCUT2D eigenvalue weighted by Crippen LogP contribution is -2.72. The van der Waals surface area contributed by atoms with E-state index in [2.05, 4.69) is 0 Å². The first-order chi connectivity index (χ1) is 12.5. The molecule has 3 fully saturated rings. The maximum absolute atomic E-state index is 12.1. The zero-order chi connectivity index (χ0) is 17.7. The van der Waals surface area contributed by atoms with Gasteiger partial charge in [-0.3, -0.25) is 0 Å². The minimum absolute atomic E-state index is 0.150. The normalized spacial score (nSPS) is 45.6. The molecular formula is C22H28O4. The van der Waals surface area contributed by atoms with E-state index in [0.717, 1.165) is 30.7 Å². The molecule has 1 aliphatic heterocycles. The van der Waals surface area contributed by atoms with E-state index in [1.165, 1.54) is 31.2 Å². The van der Waals surface area contributed by atoms with Crippen molar-refractivity contribution in [3.63, 3.8) is 0 Å². The summed E-state index contributed by atoms with van der Waals surface area (Å²) < 4.78 is 6.18. The summed E-state index contributed by atoms with van der Waals surface area (Å²) in [6.07, 6.45) is 8.40.